The van der Waals surface area contributed by atoms with E-state index in [9.17, 15) is 9.90 Å². The van der Waals surface area contributed by atoms with E-state index in [1.165, 1.54) is 0 Å². The summed E-state index contributed by atoms with van der Waals surface area (Å²) >= 11 is 0. The largest absolute Gasteiger partial charge is 0.488 e. The van der Waals surface area contributed by atoms with Gasteiger partial charge in [0.05, 0.1) is 0 Å². The van der Waals surface area contributed by atoms with Crippen LogP contribution in [-0.4, -0.2) is 40.7 Å². The van der Waals surface area contributed by atoms with Crippen LogP contribution in [0.4, 0.5) is 0 Å². The lowest BCUT2D eigenvalue weighted by molar-refractivity contribution is 0.0441. The van der Waals surface area contributed by atoms with Crippen molar-refractivity contribution in [1.82, 2.24) is 10.3 Å². The number of aliphatic hydroxyl groups is 1. The zero-order chi connectivity index (χ0) is 19.0. The van der Waals surface area contributed by atoms with Gasteiger partial charge in [-0.2, -0.15) is 0 Å². The van der Waals surface area contributed by atoms with Gasteiger partial charge in [0.25, 0.3) is 0 Å². The summed E-state index contributed by atoms with van der Waals surface area (Å²) in [6, 6.07) is 9.85. The Morgan fingerprint density at radius 3 is 2.82 bits per heavy atom. The Bertz CT molecular complexity index is 835. The highest BCUT2D eigenvalue weighted by atomic mass is 35.5. The molecule has 3 N–H and O–H groups in total. The number of carbonyl (C=O) groups excluding carboxylic acids is 1. The highest BCUT2D eigenvalue weighted by Gasteiger charge is 2.37. The molecule has 1 aromatic carbocycles. The number of H-pyrrole nitrogens is 1. The van der Waals surface area contributed by atoms with Crippen molar-refractivity contribution in [1.29, 1.82) is 0 Å². The molecule has 152 valence electrons. The molecule has 5 nitrogen and oxygen atoms in total. The molecular weight excluding hydrogens is 376 g/mol. The van der Waals surface area contributed by atoms with E-state index < -0.39 is 6.10 Å². The van der Waals surface area contributed by atoms with E-state index in [1.54, 1.807) is 0 Å². The first-order valence-electron chi connectivity index (χ1n) is 9.88. The number of hydrogen-bond acceptors (Lipinski definition) is 4. The topological polar surface area (TPSA) is 74.3 Å². The molecule has 2 aromatic rings. The summed E-state index contributed by atoms with van der Waals surface area (Å²) in [5.74, 6) is 1.00. The van der Waals surface area contributed by atoms with Crippen molar-refractivity contribution in [3.8, 4) is 5.75 Å². The van der Waals surface area contributed by atoms with Crippen LogP contribution in [-0.2, 0) is 6.42 Å². The molecule has 0 radical (unpaired) electrons. The number of rotatable bonds is 5. The molecule has 0 amide bonds. The minimum Gasteiger partial charge on any atom is -0.488 e. The summed E-state index contributed by atoms with van der Waals surface area (Å²) in [6.45, 7) is 4.63. The molecule has 0 bridgehead atoms. The third-order valence-corrected chi connectivity index (χ3v) is 5.87. The quantitative estimate of drug-likeness (QED) is 0.714. The molecule has 0 spiro atoms. The lowest BCUT2D eigenvalue weighted by Gasteiger charge is -2.25. The number of Topliss-reactive ketones (excluding diaryl/α,β-unsaturated/α-hetero) is 1. The SMILES string of the molecule is Cc1cccc(OC2CCC(NCC3CCc4[nH]c(C)cc4C3=O)C2O)c1.Cl. The van der Waals surface area contributed by atoms with Crippen molar-refractivity contribution in [3.05, 3.63) is 52.8 Å². The number of halogens is 1. The maximum atomic E-state index is 12.7. The van der Waals surface area contributed by atoms with E-state index in [0.29, 0.717) is 6.54 Å². The highest BCUT2D eigenvalue weighted by molar-refractivity contribution is 6.00. The van der Waals surface area contributed by atoms with Crippen LogP contribution in [0.5, 0.6) is 5.75 Å². The first kappa shape index (κ1) is 20.9. The Balaban J connectivity index is 0.00000225. The lowest BCUT2D eigenvalue weighted by Crippen LogP contribution is -2.44. The normalized spacial score (nSPS) is 26.6. The average Bonchev–Trinajstić information content (AvgIpc) is 3.18. The molecule has 28 heavy (non-hydrogen) atoms. The minimum absolute atomic E-state index is 0. The number of ether oxygens (including phenoxy) is 1. The van der Waals surface area contributed by atoms with Crippen molar-refractivity contribution in [2.45, 2.75) is 57.8 Å². The van der Waals surface area contributed by atoms with Crippen LogP contribution in [0.15, 0.2) is 30.3 Å². The molecule has 4 atom stereocenters. The van der Waals surface area contributed by atoms with Gasteiger partial charge in [0.2, 0.25) is 0 Å². The van der Waals surface area contributed by atoms with Gasteiger partial charge in [-0.15, -0.1) is 12.4 Å². The first-order chi connectivity index (χ1) is 13.0. The van der Waals surface area contributed by atoms with Gasteiger partial charge < -0.3 is 20.1 Å². The molecule has 4 unspecified atom stereocenters. The van der Waals surface area contributed by atoms with Gasteiger partial charge >= 0.3 is 0 Å². The number of ketones is 1. The van der Waals surface area contributed by atoms with Crippen LogP contribution < -0.4 is 10.1 Å². The van der Waals surface area contributed by atoms with E-state index in [-0.39, 0.29) is 36.3 Å². The number of aromatic amines is 1. The molecule has 1 fully saturated rings. The fourth-order valence-corrected chi connectivity index (χ4v) is 4.38. The van der Waals surface area contributed by atoms with Crippen LogP contribution in [0, 0.1) is 19.8 Å². The van der Waals surface area contributed by atoms with Gasteiger partial charge in [-0.05, 0) is 63.3 Å². The number of aromatic nitrogens is 1. The monoisotopic (exact) mass is 404 g/mol. The number of carbonyl (C=O) groups is 1. The average molecular weight is 405 g/mol. The molecule has 1 aromatic heterocycles. The Morgan fingerprint density at radius 2 is 2.04 bits per heavy atom. The van der Waals surface area contributed by atoms with Crippen LogP contribution in [0.2, 0.25) is 0 Å². The fraction of sp³-hybridized carbons (Fsp3) is 0.500. The summed E-state index contributed by atoms with van der Waals surface area (Å²) in [5.41, 5.74) is 4.11. The molecule has 0 aliphatic heterocycles. The number of aryl methyl sites for hydroxylation is 3. The zero-order valence-corrected chi connectivity index (χ0v) is 17.2. The van der Waals surface area contributed by atoms with Crippen molar-refractivity contribution >= 4 is 18.2 Å². The molecular formula is C22H29ClN2O3. The minimum atomic E-state index is -0.561. The summed E-state index contributed by atoms with van der Waals surface area (Å²) in [6.07, 6.45) is 2.66. The Hall–Kier alpha value is -1.82. The number of fused-ring (bicyclic) bond motifs is 1. The van der Waals surface area contributed by atoms with Gasteiger partial charge in [0.15, 0.2) is 5.78 Å². The predicted molar refractivity (Wildman–Crippen MR) is 112 cm³/mol. The number of aliphatic hydroxyl groups excluding tert-OH is 1. The molecule has 0 saturated heterocycles. The van der Waals surface area contributed by atoms with E-state index in [0.717, 1.165) is 53.9 Å². The second kappa shape index (κ2) is 8.68. The highest BCUT2D eigenvalue weighted by Crippen LogP contribution is 2.28. The lowest BCUT2D eigenvalue weighted by atomic mass is 9.86. The third kappa shape index (κ3) is 4.27. The van der Waals surface area contributed by atoms with Crippen molar-refractivity contribution in [3.63, 3.8) is 0 Å². The summed E-state index contributed by atoms with van der Waals surface area (Å²) < 4.78 is 6.00. The fourth-order valence-electron chi connectivity index (χ4n) is 4.38. The van der Waals surface area contributed by atoms with E-state index in [4.69, 9.17) is 4.74 Å². The van der Waals surface area contributed by atoms with E-state index in [1.807, 2.05) is 44.2 Å². The van der Waals surface area contributed by atoms with Gasteiger partial charge in [-0.3, -0.25) is 4.79 Å². The Labute approximate surface area is 172 Å². The third-order valence-electron chi connectivity index (χ3n) is 5.87. The molecule has 6 heteroatoms. The van der Waals surface area contributed by atoms with Crippen LogP contribution >= 0.6 is 12.4 Å². The summed E-state index contributed by atoms with van der Waals surface area (Å²) in [4.78, 5) is 16.0. The second-order valence-electron chi connectivity index (χ2n) is 8.00. The molecule has 4 rings (SSSR count). The van der Waals surface area contributed by atoms with Gasteiger partial charge in [0, 0.05) is 35.5 Å². The van der Waals surface area contributed by atoms with Gasteiger partial charge in [0.1, 0.15) is 18.0 Å². The predicted octanol–water partition coefficient (Wildman–Crippen LogP) is 3.36. The smallest absolute Gasteiger partial charge is 0.169 e. The summed E-state index contributed by atoms with van der Waals surface area (Å²) in [7, 11) is 0. The second-order valence-corrected chi connectivity index (χ2v) is 8.00. The molecule has 1 heterocycles. The first-order valence-corrected chi connectivity index (χ1v) is 9.88. The number of hydrogen-bond donors (Lipinski definition) is 3. The van der Waals surface area contributed by atoms with Crippen molar-refractivity contribution < 1.29 is 14.6 Å². The molecule has 2 aliphatic carbocycles. The Kier molecular flexibility index (Phi) is 6.48. The maximum absolute atomic E-state index is 12.7. The van der Waals surface area contributed by atoms with E-state index in [2.05, 4.69) is 10.3 Å². The van der Waals surface area contributed by atoms with Gasteiger partial charge in [-0.25, -0.2) is 0 Å². The van der Waals surface area contributed by atoms with Crippen LogP contribution in [0.25, 0.3) is 0 Å². The van der Waals surface area contributed by atoms with E-state index >= 15 is 0 Å². The van der Waals surface area contributed by atoms with Crippen molar-refractivity contribution in [2.24, 2.45) is 5.92 Å². The summed E-state index contributed by atoms with van der Waals surface area (Å²) in [5, 5.41) is 14.1. The number of nitrogens with one attached hydrogen (secondary N) is 2. The zero-order valence-electron chi connectivity index (χ0n) is 16.4. The van der Waals surface area contributed by atoms with Gasteiger partial charge in [-0.1, -0.05) is 12.1 Å². The van der Waals surface area contributed by atoms with Crippen LogP contribution in [0.1, 0.15) is 46.6 Å². The van der Waals surface area contributed by atoms with Crippen molar-refractivity contribution in [2.75, 3.05) is 6.54 Å². The maximum Gasteiger partial charge on any atom is 0.169 e. The Morgan fingerprint density at radius 1 is 1.21 bits per heavy atom. The molecule has 2 aliphatic rings. The standard InChI is InChI=1S/C22H28N2O3.ClH/c1-13-4-3-5-16(10-13)27-20-9-8-19(22(20)26)23-12-15-6-7-18-17(21(15)25)11-14(2)24-18;/h3-5,10-11,15,19-20,22-24,26H,6-9,12H2,1-2H3;1H. The number of benzene rings is 1. The van der Waals surface area contributed by atoms with Crippen LogP contribution in [0.3, 0.4) is 0 Å². The molecule has 1 saturated carbocycles.